The first-order valence-corrected chi connectivity index (χ1v) is 14.0. The van der Waals surface area contributed by atoms with Gasteiger partial charge in [0.05, 0.1) is 22.1 Å². The quantitative estimate of drug-likeness (QED) is 0.115. The van der Waals surface area contributed by atoms with E-state index < -0.39 is 15.0 Å². The minimum Gasteiger partial charge on any atom is -0.490 e. The zero-order valence-electron chi connectivity index (χ0n) is 19.1. The van der Waals surface area contributed by atoms with E-state index in [0.29, 0.717) is 21.3 Å². The molecule has 37 heavy (non-hydrogen) atoms. The van der Waals surface area contributed by atoms with Gasteiger partial charge in [-0.2, -0.15) is 8.42 Å². The molecule has 13 heteroatoms. The largest absolute Gasteiger partial charge is 0.490 e. The van der Waals surface area contributed by atoms with Crippen molar-refractivity contribution in [3.8, 4) is 11.5 Å². The number of hydrogen-bond acceptors (Lipinski definition) is 9. The Bertz CT molecular complexity index is 1540. The van der Waals surface area contributed by atoms with Crippen molar-refractivity contribution in [2.24, 2.45) is 4.99 Å². The van der Waals surface area contributed by atoms with Crippen molar-refractivity contribution in [3.05, 3.63) is 90.9 Å². The summed E-state index contributed by atoms with van der Waals surface area (Å²) in [6, 6.07) is 16.4. The number of rotatable bonds is 8. The highest BCUT2D eigenvalue weighted by Crippen LogP contribution is 2.34. The number of aliphatic imine (C=N–C) groups is 1. The summed E-state index contributed by atoms with van der Waals surface area (Å²) >= 11 is 3.36. The summed E-state index contributed by atoms with van der Waals surface area (Å²) < 4.78 is 37.3. The van der Waals surface area contributed by atoms with E-state index in [2.05, 4.69) is 32.9 Å². The van der Waals surface area contributed by atoms with Gasteiger partial charge in [-0.3, -0.25) is 14.9 Å². The fraction of sp³-hybridized carbons (Fsp3) is 0.0833. The normalized spacial score (nSPS) is 15.6. The zero-order valence-corrected chi connectivity index (χ0v) is 22.9. The average molecular weight is 651 g/mol. The average Bonchev–Trinajstić information content (AvgIpc) is 3.19. The van der Waals surface area contributed by atoms with Crippen LogP contribution in [0, 0.1) is 13.7 Å². The van der Waals surface area contributed by atoms with E-state index in [0.717, 1.165) is 27.8 Å². The molecule has 0 aliphatic carbocycles. The molecule has 1 N–H and O–H groups in total. The Balaban J connectivity index is 1.57. The molecule has 4 rings (SSSR count). The molecule has 0 spiro atoms. The monoisotopic (exact) mass is 651 g/mol. The van der Waals surface area contributed by atoms with Crippen LogP contribution in [0.5, 0.6) is 11.5 Å². The summed E-state index contributed by atoms with van der Waals surface area (Å²) in [6.07, 6.45) is 1.63. The lowest BCUT2D eigenvalue weighted by Crippen LogP contribution is -2.19. The fourth-order valence-electron chi connectivity index (χ4n) is 3.15. The molecular formula is C24H18IN3O7S2. The van der Waals surface area contributed by atoms with Crippen LogP contribution in [0.4, 0.5) is 11.4 Å². The van der Waals surface area contributed by atoms with E-state index in [9.17, 15) is 23.3 Å². The number of nitro groups is 1. The van der Waals surface area contributed by atoms with Crippen LogP contribution < -0.4 is 14.2 Å². The number of carbonyl (C=O) groups excluding carboxylic acids is 1. The molecule has 10 nitrogen and oxygen atoms in total. The van der Waals surface area contributed by atoms with Gasteiger partial charge in [-0.05, 0) is 95.4 Å². The van der Waals surface area contributed by atoms with Gasteiger partial charge in [0.1, 0.15) is 4.90 Å². The molecule has 3 aromatic rings. The number of halogens is 1. The summed E-state index contributed by atoms with van der Waals surface area (Å²) in [4.78, 5) is 27.3. The fourth-order valence-corrected chi connectivity index (χ4v) is 5.46. The maximum Gasteiger partial charge on any atom is 0.339 e. The highest BCUT2D eigenvalue weighted by Gasteiger charge is 2.25. The van der Waals surface area contributed by atoms with Crippen LogP contribution in [-0.4, -0.2) is 31.0 Å². The van der Waals surface area contributed by atoms with Gasteiger partial charge in [-0.25, -0.2) is 4.99 Å². The summed E-state index contributed by atoms with van der Waals surface area (Å²) in [7, 11) is -4.28. The first kappa shape index (κ1) is 26.6. The van der Waals surface area contributed by atoms with Gasteiger partial charge < -0.3 is 14.2 Å². The van der Waals surface area contributed by atoms with E-state index >= 15 is 0 Å². The van der Waals surface area contributed by atoms with Gasteiger partial charge in [0.2, 0.25) is 0 Å². The summed E-state index contributed by atoms with van der Waals surface area (Å²) in [5.74, 6) is -0.223. The SMILES string of the molecule is CCOc1cc(/C=C2/SC(=Nc3cccc(I)c3)NC2=O)ccc1OS(=O)(=O)c1ccc([N+](=O)[O-])cc1. The number of nitrogens with one attached hydrogen (secondary N) is 1. The number of nitro benzene ring substituents is 1. The number of hydrogen-bond donors (Lipinski definition) is 1. The van der Waals surface area contributed by atoms with E-state index in [1.54, 1.807) is 25.1 Å². The number of non-ortho nitro benzene ring substituents is 1. The van der Waals surface area contributed by atoms with Crippen molar-refractivity contribution in [3.63, 3.8) is 0 Å². The second-order valence-corrected chi connectivity index (χ2v) is 11.2. The predicted octanol–water partition coefficient (Wildman–Crippen LogP) is 5.26. The van der Waals surface area contributed by atoms with Gasteiger partial charge in [-0.15, -0.1) is 0 Å². The highest BCUT2D eigenvalue weighted by molar-refractivity contribution is 14.1. The Labute approximate surface area is 230 Å². The lowest BCUT2D eigenvalue weighted by Gasteiger charge is -2.12. The third-order valence-electron chi connectivity index (χ3n) is 4.79. The molecule has 0 atom stereocenters. The van der Waals surface area contributed by atoms with Crippen molar-refractivity contribution in [1.29, 1.82) is 0 Å². The lowest BCUT2D eigenvalue weighted by atomic mass is 10.2. The van der Waals surface area contributed by atoms with Gasteiger partial charge in [0.15, 0.2) is 16.7 Å². The van der Waals surface area contributed by atoms with Crippen LogP contribution in [0.25, 0.3) is 6.08 Å². The molecule has 0 saturated carbocycles. The minimum absolute atomic E-state index is 0.0631. The topological polar surface area (TPSA) is 137 Å². The summed E-state index contributed by atoms with van der Waals surface area (Å²) in [5, 5.41) is 14.0. The van der Waals surface area contributed by atoms with Crippen LogP contribution in [0.2, 0.25) is 0 Å². The maximum absolute atomic E-state index is 12.7. The number of thioether (sulfide) groups is 1. The number of carbonyl (C=O) groups is 1. The molecule has 1 fully saturated rings. The first-order valence-electron chi connectivity index (χ1n) is 10.7. The summed E-state index contributed by atoms with van der Waals surface area (Å²) in [5.41, 5.74) is 1.05. The van der Waals surface area contributed by atoms with Crippen molar-refractivity contribution in [1.82, 2.24) is 5.32 Å². The van der Waals surface area contributed by atoms with Crippen molar-refractivity contribution in [2.75, 3.05) is 6.61 Å². The standard InChI is InChI=1S/C24H18IN3O7S2/c1-2-34-21-12-15(13-22-23(29)27-24(36-22)26-17-5-3-4-16(25)14-17)6-11-20(21)35-37(32,33)19-9-7-18(8-10-19)28(30)31/h3-14H,2H2,1H3,(H,26,27,29)/b22-13+. The van der Waals surface area contributed by atoms with Crippen molar-refractivity contribution in [2.45, 2.75) is 11.8 Å². The molecule has 0 radical (unpaired) electrons. The third-order valence-corrected chi connectivity index (χ3v) is 7.62. The van der Waals surface area contributed by atoms with Crippen molar-refractivity contribution >= 4 is 73.0 Å². The van der Waals surface area contributed by atoms with Crippen LogP contribution in [0.15, 0.2) is 81.5 Å². The molecule has 1 aliphatic rings. The molecule has 3 aromatic carbocycles. The lowest BCUT2D eigenvalue weighted by molar-refractivity contribution is -0.384. The Morgan fingerprint density at radius 3 is 2.54 bits per heavy atom. The second kappa shape index (κ2) is 11.3. The van der Waals surface area contributed by atoms with Crippen LogP contribution >= 0.6 is 34.4 Å². The third kappa shape index (κ3) is 6.67. The zero-order chi connectivity index (χ0) is 26.6. The molecule has 0 bridgehead atoms. The number of nitrogens with zero attached hydrogens (tertiary/aromatic N) is 2. The van der Waals surface area contributed by atoms with Crippen LogP contribution in [0.3, 0.4) is 0 Å². The second-order valence-electron chi connectivity index (χ2n) is 7.39. The van der Waals surface area contributed by atoms with Gasteiger partial charge >= 0.3 is 10.1 Å². The molecule has 0 aromatic heterocycles. The molecular weight excluding hydrogens is 633 g/mol. The van der Waals surface area contributed by atoms with E-state index in [-0.39, 0.29) is 34.6 Å². The van der Waals surface area contributed by atoms with Gasteiger partial charge in [-0.1, -0.05) is 12.1 Å². The van der Waals surface area contributed by atoms with Crippen LogP contribution in [0.1, 0.15) is 12.5 Å². The maximum atomic E-state index is 12.7. The summed E-state index contributed by atoms with van der Waals surface area (Å²) in [6.45, 7) is 1.96. The van der Waals surface area contributed by atoms with Gasteiger partial charge in [0, 0.05) is 15.7 Å². The van der Waals surface area contributed by atoms with E-state index in [1.165, 1.54) is 17.8 Å². The number of benzene rings is 3. The Kier molecular flexibility index (Phi) is 8.14. The molecule has 1 aliphatic heterocycles. The molecule has 1 heterocycles. The Morgan fingerprint density at radius 1 is 1.11 bits per heavy atom. The number of ether oxygens (including phenoxy) is 1. The molecule has 1 amide bonds. The van der Waals surface area contributed by atoms with E-state index in [4.69, 9.17) is 8.92 Å². The minimum atomic E-state index is -4.28. The van der Waals surface area contributed by atoms with Crippen molar-refractivity contribution < 1.29 is 27.1 Å². The molecule has 190 valence electrons. The molecule has 0 unspecified atom stereocenters. The molecule has 1 saturated heterocycles. The predicted molar refractivity (Wildman–Crippen MR) is 148 cm³/mol. The number of amidine groups is 1. The van der Waals surface area contributed by atoms with E-state index in [1.807, 2.05) is 24.3 Å². The van der Waals surface area contributed by atoms with Crippen LogP contribution in [-0.2, 0) is 14.9 Å². The van der Waals surface area contributed by atoms with Gasteiger partial charge in [0.25, 0.3) is 11.6 Å². The smallest absolute Gasteiger partial charge is 0.339 e. The Morgan fingerprint density at radius 2 is 1.86 bits per heavy atom. The highest BCUT2D eigenvalue weighted by atomic mass is 127. The number of amides is 1. The Hall–Kier alpha value is -3.43. The first-order chi connectivity index (χ1) is 17.6.